The van der Waals surface area contributed by atoms with Gasteiger partial charge in [0, 0.05) is 18.6 Å². The van der Waals surface area contributed by atoms with E-state index in [1.807, 2.05) is 51.1 Å². The summed E-state index contributed by atoms with van der Waals surface area (Å²) in [5, 5.41) is 17.8. The second-order valence-corrected chi connectivity index (χ2v) is 15.8. The van der Waals surface area contributed by atoms with Crippen molar-refractivity contribution < 1.29 is 27.9 Å². The number of amides is 3. The van der Waals surface area contributed by atoms with Crippen LogP contribution in [0.5, 0.6) is 0 Å². The van der Waals surface area contributed by atoms with Gasteiger partial charge in [-0.15, -0.1) is 0 Å². The molecule has 3 rings (SSSR count). The number of piperidine rings is 1. The van der Waals surface area contributed by atoms with Crippen molar-refractivity contribution in [3.8, 4) is 0 Å². The van der Waals surface area contributed by atoms with Gasteiger partial charge in [-0.05, 0) is 63.4 Å². The van der Waals surface area contributed by atoms with Crippen molar-refractivity contribution in [2.24, 2.45) is 23.5 Å². The number of sulfonamides is 1. The van der Waals surface area contributed by atoms with E-state index in [0.29, 0.717) is 22.7 Å². The van der Waals surface area contributed by atoms with E-state index < -0.39 is 64.1 Å². The van der Waals surface area contributed by atoms with E-state index in [2.05, 4.69) is 15.5 Å². The van der Waals surface area contributed by atoms with Gasteiger partial charge in [-0.2, -0.15) is 0 Å². The summed E-state index contributed by atoms with van der Waals surface area (Å²) in [6.07, 6.45) is 5.26. The van der Waals surface area contributed by atoms with Gasteiger partial charge in [-0.1, -0.05) is 63.4 Å². The monoisotopic (exact) mass is 635 g/mol. The number of hydrogen-bond acceptors (Lipinski definition) is 8. The molecule has 5 N–H and O–H groups in total. The lowest BCUT2D eigenvalue weighted by atomic mass is 9.72. The third-order valence-corrected chi connectivity index (χ3v) is 9.89. The fourth-order valence-electron chi connectivity index (χ4n) is 6.73. The molecule has 0 bridgehead atoms. The van der Waals surface area contributed by atoms with Crippen LogP contribution in [0.25, 0.3) is 0 Å². The number of rotatable bonds is 12. The summed E-state index contributed by atoms with van der Waals surface area (Å²) in [5.74, 6) is -1.31. The molecule has 2 aliphatic rings. The first-order valence-electron chi connectivity index (χ1n) is 15.8. The Hall–Kier alpha value is -2.54. The van der Waals surface area contributed by atoms with Crippen molar-refractivity contribution in [1.29, 1.82) is 0 Å². The maximum atomic E-state index is 13.8. The van der Waals surface area contributed by atoms with Crippen LogP contribution in [0.15, 0.2) is 30.3 Å². The van der Waals surface area contributed by atoms with Gasteiger partial charge in [0.25, 0.3) is 5.91 Å². The molecule has 6 atom stereocenters. The van der Waals surface area contributed by atoms with Crippen molar-refractivity contribution in [1.82, 2.24) is 19.8 Å². The van der Waals surface area contributed by atoms with E-state index in [4.69, 9.17) is 5.73 Å². The van der Waals surface area contributed by atoms with Gasteiger partial charge in [0.15, 0.2) is 0 Å². The number of fused-ring (bicyclic) bond motifs is 1. The van der Waals surface area contributed by atoms with E-state index in [9.17, 15) is 27.9 Å². The molecular weight excluding hydrogens is 582 g/mol. The Labute approximate surface area is 263 Å². The molecule has 1 aromatic carbocycles. The summed E-state index contributed by atoms with van der Waals surface area (Å²) >= 11 is 0. The van der Waals surface area contributed by atoms with E-state index in [0.717, 1.165) is 43.9 Å². The second kappa shape index (κ2) is 15.2. The first-order chi connectivity index (χ1) is 20.5. The van der Waals surface area contributed by atoms with Crippen LogP contribution in [0.3, 0.4) is 0 Å². The average molecular weight is 636 g/mol. The molecule has 248 valence electrons. The highest BCUT2D eigenvalue weighted by Gasteiger charge is 2.43. The molecule has 1 saturated heterocycles. The molecule has 0 radical (unpaired) electrons. The number of nitrogens with two attached hydrogens (primary N) is 1. The molecule has 0 unspecified atom stereocenters. The molecule has 1 aliphatic carbocycles. The number of hydrogen-bond donors (Lipinski definition) is 4. The number of β-amino-alcohol motifs (C(OH)–C–C–N with tert-alkyl or cyclic N) is 1. The molecular formula is C32H53N5O6S. The fourth-order valence-corrected chi connectivity index (χ4v) is 7.93. The molecule has 1 aromatic rings. The normalized spacial score (nSPS) is 23.2. The highest BCUT2D eigenvalue weighted by Crippen LogP contribution is 2.39. The molecule has 3 amide bonds. The van der Waals surface area contributed by atoms with Gasteiger partial charge < -0.3 is 21.5 Å². The van der Waals surface area contributed by atoms with Crippen molar-refractivity contribution in [2.75, 3.05) is 25.9 Å². The lowest BCUT2D eigenvalue weighted by molar-refractivity contribution is -0.137. The van der Waals surface area contributed by atoms with Crippen molar-refractivity contribution in [3.05, 3.63) is 35.9 Å². The SMILES string of the molecule is CC(C)[C@@H](C(=O)N[C@@H](Cc1ccccc1)[C@H](O)CN1C[C@H]2CCCC[C@H]2C[C@H]1C(=O)NC(C)(C)C)N(C(=O)CN)S(C)(=O)=O. The van der Waals surface area contributed by atoms with Gasteiger partial charge in [0.1, 0.15) is 6.04 Å². The third-order valence-electron chi connectivity index (χ3n) is 8.75. The van der Waals surface area contributed by atoms with E-state index in [1.54, 1.807) is 13.8 Å². The maximum Gasteiger partial charge on any atom is 0.250 e. The number of aliphatic hydroxyl groups is 1. The highest BCUT2D eigenvalue weighted by atomic mass is 32.2. The Kier molecular flexibility index (Phi) is 12.4. The standard InChI is InChI=1S/C32H53N5O6S/c1-21(2)29(37(28(39)18-33)44(6,42)43)31(41)34-25(16-22-12-8-7-9-13-22)27(38)20-36-19-24-15-11-10-14-23(24)17-26(36)30(40)35-32(3,4)5/h7-9,12-13,21,23-27,29,38H,10-11,14-20,33H2,1-6H3,(H,34,41)(H,35,40)/t23-,24+,25-,26-,27+,29-/m0/s1. The molecule has 0 aromatic heterocycles. The smallest absolute Gasteiger partial charge is 0.250 e. The first kappa shape index (κ1) is 35.9. The minimum atomic E-state index is -4.12. The predicted molar refractivity (Wildman–Crippen MR) is 171 cm³/mol. The number of aliphatic hydroxyl groups excluding tert-OH is 1. The largest absolute Gasteiger partial charge is 0.390 e. The lowest BCUT2D eigenvalue weighted by Crippen LogP contribution is -2.62. The quantitative estimate of drug-likeness (QED) is 0.270. The number of carbonyl (C=O) groups excluding carboxylic acids is 3. The lowest BCUT2D eigenvalue weighted by Gasteiger charge is -2.47. The molecule has 1 saturated carbocycles. The molecule has 2 fully saturated rings. The summed E-state index contributed by atoms with van der Waals surface area (Å²) in [7, 11) is -4.12. The zero-order valence-corrected chi connectivity index (χ0v) is 28.0. The number of nitrogens with zero attached hydrogens (tertiary/aromatic N) is 2. The Balaban J connectivity index is 1.91. The Morgan fingerprint density at radius 2 is 1.70 bits per heavy atom. The van der Waals surface area contributed by atoms with Gasteiger partial charge in [0.2, 0.25) is 21.8 Å². The molecule has 11 nitrogen and oxygen atoms in total. The van der Waals surface area contributed by atoms with Gasteiger partial charge in [0.05, 0.1) is 31.0 Å². The van der Waals surface area contributed by atoms with Crippen LogP contribution in [-0.2, 0) is 30.8 Å². The zero-order valence-electron chi connectivity index (χ0n) is 27.2. The summed E-state index contributed by atoms with van der Waals surface area (Å²) in [6, 6.07) is 6.79. The number of carbonyl (C=O) groups is 3. The molecule has 1 aliphatic heterocycles. The van der Waals surface area contributed by atoms with E-state index in [1.165, 1.54) is 0 Å². The Morgan fingerprint density at radius 3 is 2.25 bits per heavy atom. The Morgan fingerprint density at radius 1 is 1.09 bits per heavy atom. The molecule has 12 heteroatoms. The van der Waals surface area contributed by atoms with Gasteiger partial charge >= 0.3 is 0 Å². The van der Waals surface area contributed by atoms with Crippen molar-refractivity contribution >= 4 is 27.7 Å². The zero-order chi connectivity index (χ0) is 32.8. The van der Waals surface area contributed by atoms with Crippen LogP contribution >= 0.6 is 0 Å². The van der Waals surface area contributed by atoms with Crippen molar-refractivity contribution in [2.45, 2.75) is 103 Å². The van der Waals surface area contributed by atoms with E-state index in [-0.39, 0.29) is 18.9 Å². The number of likely N-dealkylation sites (tertiary alicyclic amines) is 1. The molecule has 0 spiro atoms. The van der Waals surface area contributed by atoms with Crippen LogP contribution in [0.2, 0.25) is 0 Å². The minimum absolute atomic E-state index is 0.0682. The van der Waals surface area contributed by atoms with Crippen LogP contribution in [0, 0.1) is 17.8 Å². The first-order valence-corrected chi connectivity index (χ1v) is 17.7. The molecule has 1 heterocycles. The van der Waals surface area contributed by atoms with Crippen LogP contribution in [0.4, 0.5) is 0 Å². The third kappa shape index (κ3) is 9.73. The Bertz CT molecular complexity index is 1240. The number of nitrogens with one attached hydrogen (secondary N) is 2. The summed E-state index contributed by atoms with van der Waals surface area (Å²) in [6.45, 7) is 9.40. The summed E-state index contributed by atoms with van der Waals surface area (Å²) in [5.41, 5.74) is 5.98. The van der Waals surface area contributed by atoms with Gasteiger partial charge in [-0.3, -0.25) is 19.3 Å². The van der Waals surface area contributed by atoms with Crippen LogP contribution < -0.4 is 16.4 Å². The maximum absolute atomic E-state index is 13.8. The number of benzene rings is 1. The van der Waals surface area contributed by atoms with Crippen LogP contribution in [-0.4, -0.2) is 96.1 Å². The van der Waals surface area contributed by atoms with Gasteiger partial charge in [-0.25, -0.2) is 12.7 Å². The van der Waals surface area contributed by atoms with Crippen LogP contribution in [0.1, 0.15) is 72.3 Å². The fraction of sp³-hybridized carbons (Fsp3) is 0.719. The van der Waals surface area contributed by atoms with E-state index >= 15 is 0 Å². The highest BCUT2D eigenvalue weighted by molar-refractivity contribution is 7.88. The molecule has 44 heavy (non-hydrogen) atoms. The minimum Gasteiger partial charge on any atom is -0.390 e. The summed E-state index contributed by atoms with van der Waals surface area (Å²) < 4.78 is 25.8. The topological polar surface area (TPSA) is 162 Å². The summed E-state index contributed by atoms with van der Waals surface area (Å²) in [4.78, 5) is 42.0. The predicted octanol–water partition coefficient (Wildman–Crippen LogP) is 1.64. The average Bonchev–Trinajstić information content (AvgIpc) is 2.93. The van der Waals surface area contributed by atoms with Crippen molar-refractivity contribution in [3.63, 3.8) is 0 Å². The second-order valence-electron chi connectivity index (χ2n) is 14.0.